The molecule has 0 aliphatic carbocycles. The molecule has 1 heterocycles. The molecule has 4 nitrogen and oxygen atoms in total. The molecule has 2 N–H and O–H groups in total. The zero-order valence-corrected chi connectivity index (χ0v) is 4.42. The maximum Gasteiger partial charge on any atom is 0.256 e. The van der Waals surface area contributed by atoms with Gasteiger partial charge in [0.25, 0.3) is 5.88 Å². The number of rotatable bonds is 1. The van der Waals surface area contributed by atoms with Gasteiger partial charge in [0.2, 0.25) is 5.88 Å². The standard InChI is InChI=1S/C4H6N2O2/c1-7-4-2-3(5)8-6-4/h2H,5H2,1H3. The lowest BCUT2D eigenvalue weighted by atomic mass is 10.6. The minimum absolute atomic E-state index is 0.266. The van der Waals surface area contributed by atoms with Crippen molar-refractivity contribution >= 4 is 5.88 Å². The van der Waals surface area contributed by atoms with Gasteiger partial charge in [0.1, 0.15) is 0 Å². The minimum Gasteiger partial charge on any atom is -0.479 e. The number of hydrogen-bond donors (Lipinski definition) is 1. The largest absolute Gasteiger partial charge is 0.479 e. The molecule has 0 saturated carbocycles. The second-order valence-corrected chi connectivity index (χ2v) is 1.27. The van der Waals surface area contributed by atoms with Gasteiger partial charge in [-0.25, -0.2) is 0 Å². The molecule has 0 fully saturated rings. The first kappa shape index (κ1) is 4.96. The van der Waals surface area contributed by atoms with Crippen LogP contribution >= 0.6 is 0 Å². The van der Waals surface area contributed by atoms with E-state index in [0.29, 0.717) is 5.88 Å². The first-order valence-electron chi connectivity index (χ1n) is 2.09. The Morgan fingerprint density at radius 2 is 2.62 bits per heavy atom. The molecule has 0 spiro atoms. The van der Waals surface area contributed by atoms with Gasteiger partial charge in [-0.05, 0) is 5.16 Å². The van der Waals surface area contributed by atoms with Crippen molar-refractivity contribution in [2.75, 3.05) is 12.8 Å². The lowest BCUT2D eigenvalue weighted by molar-refractivity contribution is 0.344. The number of nitrogens with zero attached hydrogens (tertiary/aromatic N) is 1. The summed E-state index contributed by atoms with van der Waals surface area (Å²) in [6.45, 7) is 0. The molecule has 4 heteroatoms. The van der Waals surface area contributed by atoms with Crippen LogP contribution in [0.1, 0.15) is 0 Å². The molecular weight excluding hydrogens is 108 g/mol. The van der Waals surface area contributed by atoms with E-state index in [1.165, 1.54) is 13.2 Å². The summed E-state index contributed by atoms with van der Waals surface area (Å²) in [5.41, 5.74) is 5.14. The third-order valence-corrected chi connectivity index (χ3v) is 0.716. The maximum atomic E-state index is 5.14. The highest BCUT2D eigenvalue weighted by Gasteiger charge is 1.95. The number of anilines is 1. The zero-order chi connectivity index (χ0) is 5.98. The Kier molecular flexibility index (Phi) is 1.07. The quantitative estimate of drug-likeness (QED) is 0.569. The lowest BCUT2D eigenvalue weighted by Gasteiger charge is -1.82. The molecule has 1 aromatic rings. The molecule has 0 bridgehead atoms. The molecule has 0 unspecified atom stereocenters. The SMILES string of the molecule is COc1cc(N)on1. The van der Waals surface area contributed by atoms with Gasteiger partial charge in [-0.3, -0.25) is 0 Å². The average molecular weight is 114 g/mol. The van der Waals surface area contributed by atoms with Gasteiger partial charge < -0.3 is 15.0 Å². The van der Waals surface area contributed by atoms with Crippen molar-refractivity contribution in [3.8, 4) is 5.88 Å². The molecule has 1 rings (SSSR count). The Bertz CT molecular complexity index is 172. The fourth-order valence-corrected chi connectivity index (χ4v) is 0.368. The zero-order valence-electron chi connectivity index (χ0n) is 4.42. The summed E-state index contributed by atoms with van der Waals surface area (Å²) in [6, 6.07) is 1.50. The van der Waals surface area contributed by atoms with E-state index in [1.54, 1.807) is 0 Å². The highest BCUT2D eigenvalue weighted by atomic mass is 16.5. The Labute approximate surface area is 46.2 Å². The van der Waals surface area contributed by atoms with E-state index in [2.05, 4.69) is 14.4 Å². The van der Waals surface area contributed by atoms with Crippen LogP contribution in [-0.2, 0) is 0 Å². The Morgan fingerprint density at radius 1 is 1.88 bits per heavy atom. The van der Waals surface area contributed by atoms with Crippen molar-refractivity contribution in [3.63, 3.8) is 0 Å². The van der Waals surface area contributed by atoms with Crippen molar-refractivity contribution < 1.29 is 9.26 Å². The van der Waals surface area contributed by atoms with Crippen LogP contribution in [0.3, 0.4) is 0 Å². The summed E-state index contributed by atoms with van der Waals surface area (Å²) in [7, 11) is 1.50. The molecule has 8 heavy (non-hydrogen) atoms. The minimum atomic E-state index is 0.266. The average Bonchev–Trinajstić information content (AvgIpc) is 2.14. The topological polar surface area (TPSA) is 61.3 Å². The number of hydrogen-bond acceptors (Lipinski definition) is 4. The lowest BCUT2D eigenvalue weighted by Crippen LogP contribution is -1.79. The first-order valence-corrected chi connectivity index (χ1v) is 2.09. The van der Waals surface area contributed by atoms with Crippen LogP contribution in [0.2, 0.25) is 0 Å². The van der Waals surface area contributed by atoms with Gasteiger partial charge >= 0.3 is 0 Å². The molecule has 0 radical (unpaired) electrons. The van der Waals surface area contributed by atoms with E-state index < -0.39 is 0 Å². The molecule has 0 aromatic carbocycles. The highest BCUT2D eigenvalue weighted by Crippen LogP contribution is 2.10. The Balaban J connectivity index is 2.84. The molecule has 44 valence electrons. The summed E-state index contributed by atoms with van der Waals surface area (Å²) in [6.07, 6.45) is 0. The van der Waals surface area contributed by atoms with Gasteiger partial charge in [0.15, 0.2) is 0 Å². The molecule has 0 saturated heterocycles. The van der Waals surface area contributed by atoms with E-state index in [9.17, 15) is 0 Å². The van der Waals surface area contributed by atoms with Crippen molar-refractivity contribution in [1.29, 1.82) is 0 Å². The van der Waals surface area contributed by atoms with E-state index in [4.69, 9.17) is 5.73 Å². The van der Waals surface area contributed by atoms with Crippen LogP contribution in [0.25, 0.3) is 0 Å². The highest BCUT2D eigenvalue weighted by molar-refractivity contribution is 5.27. The van der Waals surface area contributed by atoms with E-state index in [0.717, 1.165) is 0 Å². The molecule has 1 aromatic heterocycles. The van der Waals surface area contributed by atoms with Crippen LogP contribution in [0, 0.1) is 0 Å². The number of methoxy groups -OCH3 is 1. The summed E-state index contributed by atoms with van der Waals surface area (Å²) in [4.78, 5) is 0. The van der Waals surface area contributed by atoms with Gasteiger partial charge in [0.05, 0.1) is 13.2 Å². The second kappa shape index (κ2) is 1.73. The Hall–Kier alpha value is -1.19. The Morgan fingerprint density at radius 3 is 2.88 bits per heavy atom. The molecular formula is C4H6N2O2. The summed E-state index contributed by atoms with van der Waals surface area (Å²) in [5.74, 6) is 0.671. The van der Waals surface area contributed by atoms with Crippen molar-refractivity contribution in [1.82, 2.24) is 5.16 Å². The molecule has 0 amide bonds. The summed E-state index contributed by atoms with van der Waals surface area (Å²) < 4.78 is 9.11. The maximum absolute atomic E-state index is 5.14. The van der Waals surface area contributed by atoms with Gasteiger partial charge in [0, 0.05) is 0 Å². The van der Waals surface area contributed by atoms with Gasteiger partial charge in [-0.2, -0.15) is 0 Å². The van der Waals surface area contributed by atoms with Crippen molar-refractivity contribution in [2.24, 2.45) is 0 Å². The fraction of sp³-hybridized carbons (Fsp3) is 0.250. The third kappa shape index (κ3) is 0.726. The van der Waals surface area contributed by atoms with Gasteiger partial charge in [-0.15, -0.1) is 0 Å². The molecule has 0 atom stereocenters. The van der Waals surface area contributed by atoms with Crippen LogP contribution in [-0.4, -0.2) is 12.3 Å². The summed E-state index contributed by atoms with van der Waals surface area (Å²) in [5, 5.41) is 3.41. The van der Waals surface area contributed by atoms with Crippen LogP contribution in [0.15, 0.2) is 10.6 Å². The van der Waals surface area contributed by atoms with Gasteiger partial charge in [-0.1, -0.05) is 0 Å². The fourth-order valence-electron chi connectivity index (χ4n) is 0.368. The number of nitrogen functional groups attached to an aromatic ring is 1. The number of ether oxygens (including phenoxy) is 1. The monoisotopic (exact) mass is 114 g/mol. The molecule has 0 aliphatic rings. The van der Waals surface area contributed by atoms with Crippen LogP contribution < -0.4 is 10.5 Å². The summed E-state index contributed by atoms with van der Waals surface area (Å²) >= 11 is 0. The third-order valence-electron chi connectivity index (χ3n) is 0.716. The predicted molar refractivity (Wildman–Crippen MR) is 27.5 cm³/mol. The van der Waals surface area contributed by atoms with E-state index >= 15 is 0 Å². The number of aromatic nitrogens is 1. The first-order chi connectivity index (χ1) is 3.83. The van der Waals surface area contributed by atoms with Crippen molar-refractivity contribution in [3.05, 3.63) is 6.07 Å². The smallest absolute Gasteiger partial charge is 0.256 e. The van der Waals surface area contributed by atoms with Crippen LogP contribution in [0.5, 0.6) is 5.88 Å². The second-order valence-electron chi connectivity index (χ2n) is 1.27. The predicted octanol–water partition coefficient (Wildman–Crippen LogP) is 0.265. The number of nitrogens with two attached hydrogens (primary N) is 1. The molecule has 0 aliphatic heterocycles. The van der Waals surface area contributed by atoms with E-state index in [-0.39, 0.29) is 5.88 Å². The normalized spacial score (nSPS) is 9.12. The van der Waals surface area contributed by atoms with E-state index in [1.807, 2.05) is 0 Å². The van der Waals surface area contributed by atoms with Crippen LogP contribution in [0.4, 0.5) is 5.88 Å². The van der Waals surface area contributed by atoms with Crippen molar-refractivity contribution in [2.45, 2.75) is 0 Å².